The summed E-state index contributed by atoms with van der Waals surface area (Å²) in [4.78, 5) is 0. The Kier molecular flexibility index (Phi) is 14.6. The highest BCUT2D eigenvalue weighted by molar-refractivity contribution is 5.15. The lowest BCUT2D eigenvalue weighted by Gasteiger charge is -2.46. The van der Waals surface area contributed by atoms with Crippen LogP contribution >= 0.6 is 0 Å². The van der Waals surface area contributed by atoms with Crippen LogP contribution in [0.25, 0.3) is 0 Å². The Balaban J connectivity index is 1.60. The molecule has 1 aliphatic heterocycles. The van der Waals surface area contributed by atoms with E-state index in [4.69, 9.17) is 23.7 Å². The Morgan fingerprint density at radius 2 is 1.20 bits per heavy atom. The predicted octanol–water partition coefficient (Wildman–Crippen LogP) is 7.64. The third-order valence-corrected chi connectivity index (χ3v) is 8.08. The minimum absolute atomic E-state index is 0.0394. The molecule has 0 unspecified atom stereocenters. The van der Waals surface area contributed by atoms with Crippen LogP contribution in [0.1, 0.15) is 62.6 Å². The quantitative estimate of drug-likeness (QED) is 0.112. The van der Waals surface area contributed by atoms with Crippen LogP contribution in [0.15, 0.2) is 104 Å². The van der Waals surface area contributed by atoms with Crippen LogP contribution in [-0.2, 0) is 43.5 Å². The topological polar surface area (TPSA) is 66.4 Å². The number of unbranched alkanes of at least 4 members (excludes halogenated alkanes) is 3. The molecule has 238 valence electrons. The Hall–Kier alpha value is -2.84. The van der Waals surface area contributed by atoms with Crippen molar-refractivity contribution >= 4 is 0 Å². The summed E-state index contributed by atoms with van der Waals surface area (Å²) in [5.74, 6) is 0.274. The standard InChI is InChI=1S/C38H50O6/c1-4-5-6-7-17-24-33(29(2)3)43-38-37(42-28-32-22-15-10-16-23-32)36(41-27-31-20-13-9-14-21-31)35(34(25-39)44-38)40-26-30-18-11-8-12-19-30/h4,8-16,18-23,29,33-39H,1,5-7,17,24-28H2,2-3H3/t33-,34-,35-,36+,37-,38-/m1/s1. The van der Waals surface area contributed by atoms with E-state index in [0.29, 0.717) is 19.8 Å². The number of hydrogen-bond acceptors (Lipinski definition) is 6. The van der Waals surface area contributed by atoms with Crippen LogP contribution in [0.4, 0.5) is 0 Å². The molecule has 0 aromatic heterocycles. The van der Waals surface area contributed by atoms with Crippen molar-refractivity contribution in [3.8, 4) is 0 Å². The lowest BCUT2D eigenvalue weighted by molar-refractivity contribution is -0.337. The highest BCUT2D eigenvalue weighted by Crippen LogP contribution is 2.33. The number of ether oxygens (including phenoxy) is 5. The Labute approximate surface area is 264 Å². The van der Waals surface area contributed by atoms with Crippen LogP contribution in [0.2, 0.25) is 0 Å². The van der Waals surface area contributed by atoms with Crippen molar-refractivity contribution in [1.82, 2.24) is 0 Å². The van der Waals surface area contributed by atoms with Crippen molar-refractivity contribution < 1.29 is 28.8 Å². The first-order chi connectivity index (χ1) is 21.6. The molecule has 1 aliphatic rings. The third kappa shape index (κ3) is 10.7. The molecule has 0 bridgehead atoms. The van der Waals surface area contributed by atoms with Gasteiger partial charge < -0.3 is 28.8 Å². The van der Waals surface area contributed by atoms with Crippen LogP contribution in [0.5, 0.6) is 0 Å². The number of benzene rings is 3. The normalized spacial score (nSPS) is 22.6. The van der Waals surface area contributed by atoms with Crippen LogP contribution in [0.3, 0.4) is 0 Å². The van der Waals surface area contributed by atoms with Gasteiger partial charge in [0.15, 0.2) is 6.29 Å². The molecule has 0 saturated carbocycles. The van der Waals surface area contributed by atoms with Gasteiger partial charge in [-0.1, -0.05) is 124 Å². The average Bonchev–Trinajstić information content (AvgIpc) is 3.06. The molecule has 1 heterocycles. The summed E-state index contributed by atoms with van der Waals surface area (Å²) in [6.45, 7) is 9.05. The van der Waals surface area contributed by atoms with Crippen molar-refractivity contribution in [2.24, 2.45) is 5.92 Å². The second kappa shape index (κ2) is 18.8. The zero-order chi connectivity index (χ0) is 31.0. The van der Waals surface area contributed by atoms with E-state index < -0.39 is 30.7 Å². The molecule has 6 nitrogen and oxygen atoms in total. The van der Waals surface area contributed by atoms with E-state index >= 15 is 0 Å². The SMILES string of the molecule is C=CCCCCC[C@@H](O[C@@H]1O[C@H](CO)[C@@H](OCc2ccccc2)[C@H](OCc2ccccc2)[C@H]1OCc1ccccc1)C(C)C. The Morgan fingerprint density at radius 1 is 0.705 bits per heavy atom. The fourth-order valence-electron chi connectivity index (χ4n) is 5.54. The second-order valence-electron chi connectivity index (χ2n) is 11.9. The largest absolute Gasteiger partial charge is 0.394 e. The van der Waals surface area contributed by atoms with Crippen LogP contribution in [0, 0.1) is 5.92 Å². The number of allylic oxidation sites excluding steroid dienone is 1. The minimum Gasteiger partial charge on any atom is -0.394 e. The van der Waals surface area contributed by atoms with Crippen molar-refractivity contribution in [2.45, 2.75) is 103 Å². The molecule has 1 fully saturated rings. The zero-order valence-corrected chi connectivity index (χ0v) is 26.3. The van der Waals surface area contributed by atoms with Gasteiger partial charge >= 0.3 is 0 Å². The molecule has 0 aliphatic carbocycles. The molecule has 0 spiro atoms. The average molecular weight is 603 g/mol. The molecule has 0 radical (unpaired) electrons. The van der Waals surface area contributed by atoms with Crippen molar-refractivity contribution in [1.29, 1.82) is 0 Å². The molecule has 1 saturated heterocycles. The van der Waals surface area contributed by atoms with Crippen molar-refractivity contribution in [3.63, 3.8) is 0 Å². The summed E-state index contributed by atoms with van der Waals surface area (Å²) >= 11 is 0. The lowest BCUT2D eigenvalue weighted by Crippen LogP contribution is -2.62. The van der Waals surface area contributed by atoms with E-state index in [-0.39, 0.29) is 18.6 Å². The monoisotopic (exact) mass is 602 g/mol. The second-order valence-corrected chi connectivity index (χ2v) is 11.9. The molecule has 3 aromatic rings. The number of rotatable bonds is 19. The molecule has 0 amide bonds. The molecule has 6 heteroatoms. The summed E-state index contributed by atoms with van der Waals surface area (Å²) in [5, 5.41) is 10.6. The number of aliphatic hydroxyl groups excluding tert-OH is 1. The maximum Gasteiger partial charge on any atom is 0.187 e. The summed E-state index contributed by atoms with van der Waals surface area (Å²) in [5.41, 5.74) is 3.12. The van der Waals surface area contributed by atoms with E-state index in [1.807, 2.05) is 97.1 Å². The molecule has 4 rings (SSSR count). The lowest BCUT2D eigenvalue weighted by atomic mass is 9.96. The van der Waals surface area contributed by atoms with Crippen molar-refractivity contribution in [2.75, 3.05) is 6.61 Å². The van der Waals surface area contributed by atoms with Gasteiger partial charge in [-0.15, -0.1) is 6.58 Å². The molecular formula is C38H50O6. The van der Waals surface area contributed by atoms with Gasteiger partial charge in [-0.3, -0.25) is 0 Å². The Bertz CT molecular complexity index is 1170. The third-order valence-electron chi connectivity index (χ3n) is 8.08. The van der Waals surface area contributed by atoms with E-state index in [9.17, 15) is 5.11 Å². The highest BCUT2D eigenvalue weighted by atomic mass is 16.7. The fourth-order valence-corrected chi connectivity index (χ4v) is 5.54. The van der Waals surface area contributed by atoms with E-state index in [0.717, 1.165) is 48.8 Å². The maximum absolute atomic E-state index is 10.6. The van der Waals surface area contributed by atoms with Gasteiger partial charge in [0.05, 0.1) is 32.5 Å². The first kappa shape index (κ1) is 34.0. The molecule has 44 heavy (non-hydrogen) atoms. The maximum atomic E-state index is 10.6. The van der Waals surface area contributed by atoms with Crippen molar-refractivity contribution in [3.05, 3.63) is 120 Å². The number of hydrogen-bond donors (Lipinski definition) is 1. The van der Waals surface area contributed by atoms with E-state index in [2.05, 4.69) is 20.4 Å². The molecule has 6 atom stereocenters. The molecule has 1 N–H and O–H groups in total. The fraction of sp³-hybridized carbons (Fsp3) is 0.474. The van der Waals surface area contributed by atoms with Gasteiger partial charge in [-0.05, 0) is 41.9 Å². The molecule has 3 aromatic carbocycles. The predicted molar refractivity (Wildman–Crippen MR) is 174 cm³/mol. The zero-order valence-electron chi connectivity index (χ0n) is 26.3. The summed E-state index contributed by atoms with van der Waals surface area (Å²) in [6.07, 6.45) is 4.04. The van der Waals surface area contributed by atoms with Gasteiger partial charge in [0.1, 0.15) is 24.4 Å². The summed E-state index contributed by atoms with van der Waals surface area (Å²) < 4.78 is 33.1. The van der Waals surface area contributed by atoms with Crippen LogP contribution in [-0.4, -0.2) is 48.5 Å². The van der Waals surface area contributed by atoms with Crippen LogP contribution < -0.4 is 0 Å². The van der Waals surface area contributed by atoms with E-state index in [1.165, 1.54) is 0 Å². The smallest absolute Gasteiger partial charge is 0.187 e. The van der Waals surface area contributed by atoms with Gasteiger partial charge in [-0.2, -0.15) is 0 Å². The Morgan fingerprint density at radius 3 is 1.68 bits per heavy atom. The van der Waals surface area contributed by atoms with Gasteiger partial charge in [0.2, 0.25) is 0 Å². The van der Waals surface area contributed by atoms with Gasteiger partial charge in [0, 0.05) is 0 Å². The van der Waals surface area contributed by atoms with Gasteiger partial charge in [-0.25, -0.2) is 0 Å². The summed E-state index contributed by atoms with van der Waals surface area (Å²) in [6, 6.07) is 30.2. The van der Waals surface area contributed by atoms with E-state index in [1.54, 1.807) is 0 Å². The highest BCUT2D eigenvalue weighted by Gasteiger charge is 2.49. The molecular weight excluding hydrogens is 552 g/mol. The number of aliphatic hydroxyl groups is 1. The van der Waals surface area contributed by atoms with Gasteiger partial charge in [0.25, 0.3) is 0 Å². The minimum atomic E-state index is -0.742. The summed E-state index contributed by atoms with van der Waals surface area (Å²) in [7, 11) is 0. The first-order valence-corrected chi connectivity index (χ1v) is 16.1. The first-order valence-electron chi connectivity index (χ1n) is 16.1.